The summed E-state index contributed by atoms with van der Waals surface area (Å²) < 4.78 is 19.3. The van der Waals surface area contributed by atoms with Gasteiger partial charge in [0.25, 0.3) is 0 Å². The monoisotopic (exact) mass is 368 g/mol. The van der Waals surface area contributed by atoms with Gasteiger partial charge in [-0.2, -0.15) is 0 Å². The van der Waals surface area contributed by atoms with Crippen molar-refractivity contribution in [2.45, 2.75) is 96.2 Å². The van der Waals surface area contributed by atoms with Gasteiger partial charge in [-0.1, -0.05) is 27.7 Å². The number of Topliss-reactive ketones (excluding diaryl/α,β-unsaturated/α-hetero) is 1. The van der Waals surface area contributed by atoms with E-state index in [9.17, 15) is 4.79 Å². The van der Waals surface area contributed by atoms with Crippen LogP contribution in [0.5, 0.6) is 0 Å². The zero-order chi connectivity index (χ0) is 18.5. The van der Waals surface area contributed by atoms with Crippen LogP contribution < -0.4 is 0 Å². The zero-order valence-electron chi connectivity index (χ0n) is 16.9. The van der Waals surface area contributed by atoms with Gasteiger partial charge < -0.3 is 13.9 Å². The van der Waals surface area contributed by atoms with Gasteiger partial charge in [0.1, 0.15) is 5.78 Å². The minimum absolute atomic E-state index is 0.132. The number of hydrogen-bond acceptors (Lipinski definition) is 4. The average Bonchev–Trinajstić information content (AvgIpc) is 3.07. The Morgan fingerprint density at radius 2 is 1.80 bits per heavy atom. The van der Waals surface area contributed by atoms with Crippen LogP contribution in [0, 0.1) is 11.3 Å². The van der Waals surface area contributed by atoms with E-state index in [2.05, 4.69) is 40.8 Å². The summed E-state index contributed by atoms with van der Waals surface area (Å²) in [6, 6.07) is 0. The van der Waals surface area contributed by atoms with Gasteiger partial charge in [-0.15, -0.1) is 0 Å². The molecule has 0 unspecified atom stereocenters. The molecule has 1 spiro atoms. The minimum atomic E-state index is -1.87. The molecule has 1 heterocycles. The summed E-state index contributed by atoms with van der Waals surface area (Å²) in [4.78, 5) is 12.5. The molecule has 2 aliphatic carbocycles. The standard InChI is InChI=1S/C20H36O4Si/c1-18(2,3)25(5,6)24-17-9-11-19(4)16(17)14-15(21)8-7-10-20(19)22-12-13-23-20/h16-17H,7-14H2,1-6H3/t16-,17-,19-/m1/s1. The van der Waals surface area contributed by atoms with Crippen LogP contribution >= 0.6 is 0 Å². The molecule has 0 bridgehead atoms. The Morgan fingerprint density at radius 3 is 2.40 bits per heavy atom. The smallest absolute Gasteiger partial charge is 0.192 e. The van der Waals surface area contributed by atoms with Crippen LogP contribution in [0.2, 0.25) is 18.1 Å². The quantitative estimate of drug-likeness (QED) is 0.664. The van der Waals surface area contributed by atoms with E-state index < -0.39 is 14.1 Å². The molecule has 0 radical (unpaired) electrons. The van der Waals surface area contributed by atoms with Crippen molar-refractivity contribution in [1.29, 1.82) is 0 Å². The van der Waals surface area contributed by atoms with Crippen LogP contribution in [-0.4, -0.2) is 39.2 Å². The van der Waals surface area contributed by atoms with Crippen LogP contribution in [0.1, 0.15) is 66.2 Å². The lowest BCUT2D eigenvalue weighted by Crippen LogP contribution is -2.54. The van der Waals surface area contributed by atoms with Gasteiger partial charge in [-0.05, 0) is 37.4 Å². The predicted molar refractivity (Wildman–Crippen MR) is 101 cm³/mol. The van der Waals surface area contributed by atoms with Crippen LogP contribution in [0.25, 0.3) is 0 Å². The van der Waals surface area contributed by atoms with E-state index in [1.807, 2.05) is 0 Å². The van der Waals surface area contributed by atoms with Crippen LogP contribution in [0.3, 0.4) is 0 Å². The van der Waals surface area contributed by atoms with Crippen molar-refractivity contribution >= 4 is 14.1 Å². The summed E-state index contributed by atoms with van der Waals surface area (Å²) in [6.45, 7) is 15.1. The number of fused-ring (bicyclic) bond motifs is 2. The molecule has 0 aromatic carbocycles. The molecule has 0 aromatic rings. The Balaban J connectivity index is 1.90. The normalized spacial score (nSPS) is 36.3. The Morgan fingerprint density at radius 1 is 1.16 bits per heavy atom. The van der Waals surface area contributed by atoms with E-state index in [1.54, 1.807) is 0 Å². The van der Waals surface area contributed by atoms with Crippen molar-refractivity contribution in [3.05, 3.63) is 0 Å². The number of ketones is 1. The number of hydrogen-bond donors (Lipinski definition) is 0. The highest BCUT2D eigenvalue weighted by Crippen LogP contribution is 2.59. The Hall–Kier alpha value is -0.233. The lowest BCUT2D eigenvalue weighted by Gasteiger charge is -2.49. The fraction of sp³-hybridized carbons (Fsp3) is 0.950. The van der Waals surface area contributed by atoms with Gasteiger partial charge in [-0.25, -0.2) is 0 Å². The third-order valence-corrected chi connectivity index (χ3v) is 12.0. The van der Waals surface area contributed by atoms with Crippen molar-refractivity contribution in [2.75, 3.05) is 13.2 Å². The van der Waals surface area contributed by atoms with Crippen LogP contribution in [0.4, 0.5) is 0 Å². The van der Waals surface area contributed by atoms with Crippen molar-refractivity contribution in [3.63, 3.8) is 0 Å². The SMILES string of the molecule is CC(C)(C)[Si](C)(C)O[C@@H]1CC[C@]2(C)[C@@H]1CC(=O)CCCC21OCCO1. The third-order valence-electron chi connectivity index (χ3n) is 7.50. The summed E-state index contributed by atoms with van der Waals surface area (Å²) in [5.74, 6) is 0.0755. The summed E-state index contributed by atoms with van der Waals surface area (Å²) in [7, 11) is -1.87. The molecule has 3 fully saturated rings. The molecule has 5 heteroatoms. The van der Waals surface area contributed by atoms with Crippen LogP contribution in [-0.2, 0) is 18.7 Å². The second-order valence-corrected chi connectivity index (χ2v) is 14.8. The summed E-state index contributed by atoms with van der Waals surface area (Å²) in [6.07, 6.45) is 5.14. The number of carbonyl (C=O) groups is 1. The van der Waals surface area contributed by atoms with Gasteiger partial charge in [-0.3, -0.25) is 4.79 Å². The van der Waals surface area contributed by atoms with E-state index in [0.717, 1.165) is 25.7 Å². The molecule has 0 aromatic heterocycles. The maximum absolute atomic E-state index is 12.5. The summed E-state index contributed by atoms with van der Waals surface area (Å²) in [5, 5.41) is 0.176. The van der Waals surface area contributed by atoms with E-state index >= 15 is 0 Å². The topological polar surface area (TPSA) is 44.8 Å². The Labute approximate surface area is 154 Å². The molecule has 2 saturated carbocycles. The number of carbonyl (C=O) groups excluding carboxylic acids is 1. The fourth-order valence-electron chi connectivity index (χ4n) is 4.84. The second-order valence-electron chi connectivity index (χ2n) is 10.0. The van der Waals surface area contributed by atoms with Gasteiger partial charge in [0, 0.05) is 36.7 Å². The van der Waals surface area contributed by atoms with Crippen LogP contribution in [0.15, 0.2) is 0 Å². The van der Waals surface area contributed by atoms with Gasteiger partial charge in [0.15, 0.2) is 14.1 Å². The third kappa shape index (κ3) is 3.26. The lowest BCUT2D eigenvalue weighted by atomic mass is 9.67. The molecule has 144 valence electrons. The first-order chi connectivity index (χ1) is 11.5. The van der Waals surface area contributed by atoms with E-state index in [-0.39, 0.29) is 22.5 Å². The van der Waals surface area contributed by atoms with Crippen molar-refractivity contribution < 1.29 is 18.7 Å². The van der Waals surface area contributed by atoms with E-state index in [1.165, 1.54) is 0 Å². The molecule has 0 amide bonds. The molecule has 3 aliphatic rings. The zero-order valence-corrected chi connectivity index (χ0v) is 17.9. The highest BCUT2D eigenvalue weighted by Gasteiger charge is 2.62. The second kappa shape index (κ2) is 6.43. The molecule has 1 aliphatic heterocycles. The molecule has 3 rings (SSSR count). The first kappa shape index (κ1) is 19.5. The predicted octanol–water partition coefficient (Wildman–Crippen LogP) is 4.68. The highest BCUT2D eigenvalue weighted by atomic mass is 28.4. The number of rotatable bonds is 2. The summed E-state index contributed by atoms with van der Waals surface area (Å²) in [5.41, 5.74) is -0.132. The lowest BCUT2D eigenvalue weighted by molar-refractivity contribution is -0.253. The Bertz CT molecular complexity index is 518. The molecule has 4 nitrogen and oxygen atoms in total. The van der Waals surface area contributed by atoms with E-state index in [0.29, 0.717) is 31.8 Å². The number of ether oxygens (including phenoxy) is 2. The maximum Gasteiger partial charge on any atom is 0.192 e. The first-order valence-corrected chi connectivity index (χ1v) is 12.9. The molecular weight excluding hydrogens is 332 g/mol. The molecular formula is C20H36O4Si. The largest absolute Gasteiger partial charge is 0.414 e. The molecule has 1 saturated heterocycles. The first-order valence-electron chi connectivity index (χ1n) is 9.98. The minimum Gasteiger partial charge on any atom is -0.414 e. The fourth-order valence-corrected chi connectivity index (χ4v) is 6.24. The van der Waals surface area contributed by atoms with Gasteiger partial charge in [0.2, 0.25) is 0 Å². The van der Waals surface area contributed by atoms with E-state index in [4.69, 9.17) is 13.9 Å². The average molecular weight is 369 g/mol. The van der Waals surface area contributed by atoms with Crippen molar-refractivity contribution in [2.24, 2.45) is 11.3 Å². The maximum atomic E-state index is 12.5. The Kier molecular flexibility index (Phi) is 5.02. The molecule has 3 atom stereocenters. The molecule has 25 heavy (non-hydrogen) atoms. The van der Waals surface area contributed by atoms with Gasteiger partial charge >= 0.3 is 0 Å². The van der Waals surface area contributed by atoms with Gasteiger partial charge in [0.05, 0.1) is 13.2 Å². The molecule has 0 N–H and O–H groups in total. The highest BCUT2D eigenvalue weighted by molar-refractivity contribution is 6.74. The van der Waals surface area contributed by atoms with Crippen molar-refractivity contribution in [1.82, 2.24) is 0 Å². The summed E-state index contributed by atoms with van der Waals surface area (Å²) >= 11 is 0. The van der Waals surface area contributed by atoms with Crippen molar-refractivity contribution in [3.8, 4) is 0 Å².